The summed E-state index contributed by atoms with van der Waals surface area (Å²) in [6.45, 7) is 0.593. The molecule has 0 spiro atoms. The van der Waals surface area contributed by atoms with Crippen LogP contribution >= 0.6 is 23.0 Å². The van der Waals surface area contributed by atoms with Gasteiger partial charge in [-0.3, -0.25) is 9.11 Å². The van der Waals surface area contributed by atoms with Crippen molar-refractivity contribution < 1.29 is 9.11 Å². The molecular formula is C5H14ClNO2S. The zero-order chi connectivity index (χ0) is 6.91. The Morgan fingerprint density at radius 3 is 2.30 bits per heavy atom. The van der Waals surface area contributed by atoms with Crippen LogP contribution in [0.1, 0.15) is 6.42 Å². The van der Waals surface area contributed by atoms with Crippen LogP contribution in [0.25, 0.3) is 0 Å². The minimum absolute atomic E-state index is 0. The fourth-order valence-corrected chi connectivity index (χ4v) is 3.02. The average molecular weight is 188 g/mol. The molecule has 1 heterocycles. The number of halogens is 1. The normalized spacial score (nSPS) is 32.9. The molecule has 1 aliphatic rings. The molecular weight excluding hydrogens is 174 g/mol. The second-order valence-corrected chi connectivity index (χ2v) is 4.91. The molecule has 1 atom stereocenters. The third-order valence-corrected chi connectivity index (χ3v) is 3.58. The van der Waals surface area contributed by atoms with E-state index in [1.165, 1.54) is 0 Å². The molecule has 1 saturated heterocycles. The Kier molecular flexibility index (Phi) is 3.98. The van der Waals surface area contributed by atoms with Gasteiger partial charge in [0.25, 0.3) is 0 Å². The molecule has 64 valence electrons. The van der Waals surface area contributed by atoms with Gasteiger partial charge < -0.3 is 5.73 Å². The molecule has 1 unspecified atom stereocenters. The summed E-state index contributed by atoms with van der Waals surface area (Å²) in [6, 6.07) is 0. The summed E-state index contributed by atoms with van der Waals surface area (Å²) in [7, 11) is -2.19. The zero-order valence-electron chi connectivity index (χ0n) is 5.69. The molecule has 0 aromatic carbocycles. The highest BCUT2D eigenvalue weighted by atomic mass is 35.5. The van der Waals surface area contributed by atoms with E-state index in [2.05, 4.69) is 0 Å². The quantitative estimate of drug-likeness (QED) is 0.577. The summed E-state index contributed by atoms with van der Waals surface area (Å²) < 4.78 is 18.2. The van der Waals surface area contributed by atoms with Gasteiger partial charge in [-0.25, -0.2) is 0 Å². The average Bonchev–Trinajstić information content (AvgIpc) is 2.10. The minimum Gasteiger partial charge on any atom is -0.330 e. The lowest BCUT2D eigenvalue weighted by Crippen LogP contribution is -2.14. The van der Waals surface area contributed by atoms with Crippen molar-refractivity contribution in [3.8, 4) is 0 Å². The Hall–Kier alpha value is 0.520. The van der Waals surface area contributed by atoms with Crippen molar-refractivity contribution >= 4 is 23.0 Å². The summed E-state index contributed by atoms with van der Waals surface area (Å²) in [5.41, 5.74) is 5.35. The predicted molar refractivity (Wildman–Crippen MR) is 47.0 cm³/mol. The third kappa shape index (κ3) is 2.64. The van der Waals surface area contributed by atoms with Crippen molar-refractivity contribution in [1.82, 2.24) is 0 Å². The SMILES string of the molecule is Cl.NCC1CCS(O)(O)C1. The van der Waals surface area contributed by atoms with Gasteiger partial charge in [0.2, 0.25) is 0 Å². The molecule has 1 aliphatic heterocycles. The smallest absolute Gasteiger partial charge is 0.0415 e. The van der Waals surface area contributed by atoms with E-state index in [-0.39, 0.29) is 12.4 Å². The van der Waals surface area contributed by atoms with Gasteiger partial charge in [0, 0.05) is 11.5 Å². The second-order valence-electron chi connectivity index (χ2n) is 2.56. The fourth-order valence-electron chi connectivity index (χ4n) is 1.09. The van der Waals surface area contributed by atoms with Gasteiger partial charge in [-0.2, -0.15) is 10.6 Å². The Morgan fingerprint density at radius 2 is 2.10 bits per heavy atom. The predicted octanol–water partition coefficient (Wildman–Crippen LogP) is 1.14. The van der Waals surface area contributed by atoms with E-state index in [0.717, 1.165) is 6.42 Å². The van der Waals surface area contributed by atoms with Crippen molar-refractivity contribution in [2.75, 3.05) is 18.1 Å². The van der Waals surface area contributed by atoms with Gasteiger partial charge >= 0.3 is 0 Å². The molecule has 0 radical (unpaired) electrons. The first kappa shape index (κ1) is 10.5. The highest BCUT2D eigenvalue weighted by molar-refractivity contribution is 8.24. The Balaban J connectivity index is 0.000000810. The molecule has 0 aromatic rings. The van der Waals surface area contributed by atoms with Crippen LogP contribution in [0.4, 0.5) is 0 Å². The van der Waals surface area contributed by atoms with Gasteiger partial charge in [-0.1, -0.05) is 0 Å². The van der Waals surface area contributed by atoms with Gasteiger partial charge in [0.15, 0.2) is 0 Å². The number of hydrogen-bond donors (Lipinski definition) is 3. The van der Waals surface area contributed by atoms with E-state index in [4.69, 9.17) is 14.8 Å². The van der Waals surface area contributed by atoms with Crippen molar-refractivity contribution in [1.29, 1.82) is 0 Å². The first-order valence-electron chi connectivity index (χ1n) is 3.08. The molecule has 0 saturated carbocycles. The Morgan fingerprint density at radius 1 is 1.50 bits per heavy atom. The van der Waals surface area contributed by atoms with E-state index in [1.807, 2.05) is 0 Å². The topological polar surface area (TPSA) is 66.5 Å². The monoisotopic (exact) mass is 187 g/mol. The molecule has 0 aromatic heterocycles. The van der Waals surface area contributed by atoms with E-state index in [9.17, 15) is 0 Å². The van der Waals surface area contributed by atoms with Crippen LogP contribution in [0.3, 0.4) is 0 Å². The maximum absolute atomic E-state index is 9.08. The highest BCUT2D eigenvalue weighted by Gasteiger charge is 2.26. The molecule has 4 N–H and O–H groups in total. The lowest BCUT2D eigenvalue weighted by atomic mass is 10.1. The van der Waals surface area contributed by atoms with Crippen LogP contribution in [0, 0.1) is 5.92 Å². The molecule has 5 heteroatoms. The summed E-state index contributed by atoms with van der Waals surface area (Å²) in [6.07, 6.45) is 0.888. The lowest BCUT2D eigenvalue weighted by molar-refractivity contribution is 0.492. The molecule has 3 nitrogen and oxygen atoms in total. The van der Waals surface area contributed by atoms with Gasteiger partial charge in [-0.15, -0.1) is 12.4 Å². The van der Waals surface area contributed by atoms with E-state index in [0.29, 0.717) is 24.0 Å². The van der Waals surface area contributed by atoms with Crippen LogP contribution in [0.15, 0.2) is 0 Å². The summed E-state index contributed by atoms with van der Waals surface area (Å²) >= 11 is 0. The number of nitrogens with two attached hydrogens (primary N) is 1. The molecule has 10 heavy (non-hydrogen) atoms. The van der Waals surface area contributed by atoms with Gasteiger partial charge in [0.1, 0.15) is 0 Å². The lowest BCUT2D eigenvalue weighted by Gasteiger charge is -2.25. The summed E-state index contributed by atoms with van der Waals surface area (Å²) in [5, 5.41) is 0. The Labute approximate surface area is 68.8 Å². The van der Waals surface area contributed by atoms with E-state index < -0.39 is 10.6 Å². The summed E-state index contributed by atoms with van der Waals surface area (Å²) in [4.78, 5) is 0. The third-order valence-electron chi connectivity index (χ3n) is 1.69. The van der Waals surface area contributed by atoms with Gasteiger partial charge in [0.05, 0.1) is 0 Å². The Bertz CT molecular complexity index is 112. The minimum atomic E-state index is -2.19. The molecule has 0 amide bonds. The second kappa shape index (κ2) is 3.78. The van der Waals surface area contributed by atoms with Gasteiger partial charge in [-0.05, 0) is 18.9 Å². The standard InChI is InChI=1S/C5H13NO2S.ClH/c6-3-5-1-2-9(7,8)4-5;/h5,7-8H,1-4,6H2;1H. The van der Waals surface area contributed by atoms with Crippen molar-refractivity contribution in [3.63, 3.8) is 0 Å². The largest absolute Gasteiger partial charge is 0.330 e. The molecule has 1 fully saturated rings. The number of hydrogen-bond acceptors (Lipinski definition) is 3. The summed E-state index contributed by atoms with van der Waals surface area (Å²) in [5.74, 6) is 1.45. The van der Waals surface area contributed by atoms with Crippen LogP contribution in [0.2, 0.25) is 0 Å². The maximum Gasteiger partial charge on any atom is 0.0415 e. The van der Waals surface area contributed by atoms with Crippen LogP contribution in [0.5, 0.6) is 0 Å². The molecule has 1 rings (SSSR count). The van der Waals surface area contributed by atoms with Crippen molar-refractivity contribution in [2.24, 2.45) is 11.7 Å². The molecule has 0 bridgehead atoms. The zero-order valence-corrected chi connectivity index (χ0v) is 7.33. The highest BCUT2D eigenvalue weighted by Crippen LogP contribution is 2.47. The first-order valence-corrected chi connectivity index (χ1v) is 4.96. The van der Waals surface area contributed by atoms with Crippen LogP contribution in [-0.2, 0) is 0 Å². The van der Waals surface area contributed by atoms with Crippen molar-refractivity contribution in [2.45, 2.75) is 6.42 Å². The number of rotatable bonds is 1. The maximum atomic E-state index is 9.08. The van der Waals surface area contributed by atoms with Crippen LogP contribution < -0.4 is 5.73 Å². The molecule has 0 aliphatic carbocycles. The van der Waals surface area contributed by atoms with Crippen molar-refractivity contribution in [3.05, 3.63) is 0 Å². The van der Waals surface area contributed by atoms with E-state index >= 15 is 0 Å². The van der Waals surface area contributed by atoms with Crippen LogP contribution in [-0.4, -0.2) is 27.2 Å². The fraction of sp³-hybridized carbons (Fsp3) is 1.00. The van der Waals surface area contributed by atoms with E-state index in [1.54, 1.807) is 0 Å². The first-order chi connectivity index (χ1) is 4.14.